The van der Waals surface area contributed by atoms with Crippen LogP contribution in [0.4, 0.5) is 0 Å². The summed E-state index contributed by atoms with van der Waals surface area (Å²) >= 11 is 0. The number of carbonyl (C=O) groups is 1. The molecule has 0 aromatic heterocycles. The van der Waals surface area contributed by atoms with E-state index in [-0.39, 0.29) is 11.7 Å². The monoisotopic (exact) mass is 190 g/mol. The Morgan fingerprint density at radius 2 is 1.86 bits per heavy atom. The summed E-state index contributed by atoms with van der Waals surface area (Å²) in [4.78, 5) is 11.3. The average Bonchev–Trinajstić information content (AvgIpc) is 2.20. The van der Waals surface area contributed by atoms with Gasteiger partial charge in [0.15, 0.2) is 0 Å². The highest BCUT2D eigenvalue weighted by Crippen LogP contribution is 2.28. The van der Waals surface area contributed by atoms with Gasteiger partial charge in [-0.05, 0) is 24.8 Å². The minimum Gasteiger partial charge on any atom is -0.300 e. The Balaban J connectivity index is 2.87. The van der Waals surface area contributed by atoms with E-state index in [1.54, 1.807) is 6.92 Å². The van der Waals surface area contributed by atoms with Crippen molar-refractivity contribution in [3.63, 3.8) is 0 Å². The molecule has 0 radical (unpaired) electrons. The molecule has 0 spiro atoms. The van der Waals surface area contributed by atoms with Gasteiger partial charge in [-0.2, -0.15) is 0 Å². The molecule has 0 amide bonds. The molecule has 0 bridgehead atoms. The molecular weight excluding hydrogens is 172 g/mol. The van der Waals surface area contributed by atoms with E-state index < -0.39 is 0 Å². The Kier molecular flexibility index (Phi) is 3.87. The van der Waals surface area contributed by atoms with E-state index in [9.17, 15) is 4.79 Å². The van der Waals surface area contributed by atoms with Crippen LogP contribution in [-0.4, -0.2) is 5.78 Å². The molecule has 0 aliphatic carbocycles. The van der Waals surface area contributed by atoms with Gasteiger partial charge in [-0.3, -0.25) is 4.79 Å². The van der Waals surface area contributed by atoms with Crippen molar-refractivity contribution >= 4 is 5.78 Å². The Bertz CT molecular complexity index is 289. The first-order valence-electron chi connectivity index (χ1n) is 5.22. The summed E-state index contributed by atoms with van der Waals surface area (Å²) in [6.45, 7) is 5.83. The average molecular weight is 190 g/mol. The highest BCUT2D eigenvalue weighted by atomic mass is 16.1. The lowest BCUT2D eigenvalue weighted by molar-refractivity contribution is -0.120. The zero-order valence-electron chi connectivity index (χ0n) is 9.16. The van der Waals surface area contributed by atoms with Crippen LogP contribution in [-0.2, 0) is 4.79 Å². The second-order valence-electron chi connectivity index (χ2n) is 3.82. The number of rotatable bonds is 4. The quantitative estimate of drug-likeness (QED) is 0.711. The maximum absolute atomic E-state index is 11.3. The normalized spacial score (nSPS) is 14.8. The van der Waals surface area contributed by atoms with E-state index in [0.717, 1.165) is 6.42 Å². The summed E-state index contributed by atoms with van der Waals surface area (Å²) in [6, 6.07) is 10.3. The minimum absolute atomic E-state index is 0.127. The van der Waals surface area contributed by atoms with Crippen LogP contribution < -0.4 is 0 Å². The second-order valence-corrected chi connectivity index (χ2v) is 3.82. The molecule has 1 aromatic carbocycles. The third-order valence-corrected chi connectivity index (χ3v) is 2.91. The molecule has 2 atom stereocenters. The standard InChI is InChI=1S/C13H18O/c1-4-13(10(2)11(3)14)12-8-6-5-7-9-12/h5-10,13H,4H2,1-3H3. The lowest BCUT2D eigenvalue weighted by Gasteiger charge is -2.20. The molecule has 14 heavy (non-hydrogen) atoms. The first-order chi connectivity index (χ1) is 6.66. The van der Waals surface area contributed by atoms with Crippen molar-refractivity contribution in [3.8, 4) is 0 Å². The second kappa shape index (κ2) is 4.94. The van der Waals surface area contributed by atoms with E-state index in [2.05, 4.69) is 19.1 Å². The molecule has 0 saturated carbocycles. The SMILES string of the molecule is CCC(c1ccccc1)C(C)C(C)=O. The minimum atomic E-state index is 0.127. The van der Waals surface area contributed by atoms with Crippen molar-refractivity contribution in [2.45, 2.75) is 33.1 Å². The summed E-state index contributed by atoms with van der Waals surface area (Å²) in [7, 11) is 0. The van der Waals surface area contributed by atoms with Crippen molar-refractivity contribution in [1.29, 1.82) is 0 Å². The Morgan fingerprint density at radius 1 is 1.29 bits per heavy atom. The molecule has 1 aromatic rings. The van der Waals surface area contributed by atoms with Crippen LogP contribution in [0.15, 0.2) is 30.3 Å². The molecular formula is C13H18O. The van der Waals surface area contributed by atoms with Gasteiger partial charge in [-0.25, -0.2) is 0 Å². The largest absolute Gasteiger partial charge is 0.300 e. The number of Topliss-reactive ketones (excluding diaryl/α,β-unsaturated/α-hetero) is 1. The van der Waals surface area contributed by atoms with Crippen LogP contribution in [0.3, 0.4) is 0 Å². The van der Waals surface area contributed by atoms with Crippen molar-refractivity contribution in [2.75, 3.05) is 0 Å². The van der Waals surface area contributed by atoms with E-state index in [0.29, 0.717) is 5.92 Å². The van der Waals surface area contributed by atoms with Gasteiger partial charge in [0, 0.05) is 5.92 Å². The molecule has 0 aliphatic heterocycles. The Hall–Kier alpha value is -1.11. The van der Waals surface area contributed by atoms with Gasteiger partial charge in [0.05, 0.1) is 0 Å². The fourth-order valence-electron chi connectivity index (χ4n) is 1.86. The molecule has 1 nitrogen and oxygen atoms in total. The van der Waals surface area contributed by atoms with Gasteiger partial charge >= 0.3 is 0 Å². The van der Waals surface area contributed by atoms with E-state index in [1.807, 2.05) is 25.1 Å². The fraction of sp³-hybridized carbons (Fsp3) is 0.462. The lowest BCUT2D eigenvalue weighted by Crippen LogP contribution is -2.16. The van der Waals surface area contributed by atoms with Gasteiger partial charge in [0.25, 0.3) is 0 Å². The smallest absolute Gasteiger partial charge is 0.133 e. The van der Waals surface area contributed by atoms with Gasteiger partial charge in [-0.1, -0.05) is 44.2 Å². The van der Waals surface area contributed by atoms with Gasteiger partial charge in [-0.15, -0.1) is 0 Å². The van der Waals surface area contributed by atoms with Crippen molar-refractivity contribution in [2.24, 2.45) is 5.92 Å². The van der Waals surface area contributed by atoms with Gasteiger partial charge < -0.3 is 0 Å². The molecule has 1 rings (SSSR count). The molecule has 0 saturated heterocycles. The summed E-state index contributed by atoms with van der Waals surface area (Å²) in [6.07, 6.45) is 1.02. The first kappa shape index (κ1) is 11.0. The van der Waals surface area contributed by atoms with Gasteiger partial charge in [0.1, 0.15) is 5.78 Å². The van der Waals surface area contributed by atoms with Crippen molar-refractivity contribution in [1.82, 2.24) is 0 Å². The number of carbonyl (C=O) groups excluding carboxylic acids is 1. The predicted octanol–water partition coefficient (Wildman–Crippen LogP) is 3.41. The number of hydrogen-bond acceptors (Lipinski definition) is 1. The lowest BCUT2D eigenvalue weighted by atomic mass is 9.83. The van der Waals surface area contributed by atoms with E-state index in [1.165, 1.54) is 5.56 Å². The zero-order chi connectivity index (χ0) is 10.6. The van der Waals surface area contributed by atoms with Crippen LogP contribution in [0.5, 0.6) is 0 Å². The maximum Gasteiger partial charge on any atom is 0.133 e. The summed E-state index contributed by atoms with van der Waals surface area (Å²) in [5.74, 6) is 0.775. The third-order valence-electron chi connectivity index (χ3n) is 2.91. The molecule has 0 fully saturated rings. The maximum atomic E-state index is 11.3. The highest BCUT2D eigenvalue weighted by molar-refractivity contribution is 5.78. The van der Waals surface area contributed by atoms with Crippen LogP contribution in [0.25, 0.3) is 0 Å². The van der Waals surface area contributed by atoms with Crippen molar-refractivity contribution in [3.05, 3.63) is 35.9 Å². The van der Waals surface area contributed by atoms with Crippen molar-refractivity contribution < 1.29 is 4.79 Å². The number of ketones is 1. The predicted molar refractivity (Wildman–Crippen MR) is 59.3 cm³/mol. The number of hydrogen-bond donors (Lipinski definition) is 0. The summed E-state index contributed by atoms with van der Waals surface area (Å²) in [5, 5.41) is 0. The van der Waals surface area contributed by atoms with Crippen LogP contribution in [0, 0.1) is 5.92 Å². The van der Waals surface area contributed by atoms with Gasteiger partial charge in [0.2, 0.25) is 0 Å². The molecule has 0 aliphatic rings. The topological polar surface area (TPSA) is 17.1 Å². The number of benzene rings is 1. The molecule has 0 N–H and O–H groups in total. The summed E-state index contributed by atoms with van der Waals surface area (Å²) < 4.78 is 0. The molecule has 76 valence electrons. The Labute approximate surface area is 86.1 Å². The van der Waals surface area contributed by atoms with Crippen LogP contribution in [0.2, 0.25) is 0 Å². The zero-order valence-corrected chi connectivity index (χ0v) is 9.16. The molecule has 0 heterocycles. The van der Waals surface area contributed by atoms with Crippen LogP contribution in [0.1, 0.15) is 38.7 Å². The van der Waals surface area contributed by atoms with E-state index >= 15 is 0 Å². The molecule has 1 heteroatoms. The Morgan fingerprint density at radius 3 is 2.29 bits per heavy atom. The molecule has 2 unspecified atom stereocenters. The first-order valence-corrected chi connectivity index (χ1v) is 5.22. The third kappa shape index (κ3) is 2.44. The van der Waals surface area contributed by atoms with Crippen LogP contribution >= 0.6 is 0 Å². The highest BCUT2D eigenvalue weighted by Gasteiger charge is 2.20. The van der Waals surface area contributed by atoms with E-state index in [4.69, 9.17) is 0 Å². The fourth-order valence-corrected chi connectivity index (χ4v) is 1.86. The summed E-state index contributed by atoms with van der Waals surface area (Å²) in [5.41, 5.74) is 1.28.